The molecule has 3 aliphatic rings. The largest absolute Gasteiger partial charge is 0.372 e. The average Bonchev–Trinajstić information content (AvgIpc) is 2.79. The molecule has 1 N–H and O–H groups in total. The van der Waals surface area contributed by atoms with Crippen molar-refractivity contribution >= 4 is 32.6 Å². The van der Waals surface area contributed by atoms with E-state index in [2.05, 4.69) is 51.3 Å². The molecule has 0 spiro atoms. The van der Waals surface area contributed by atoms with E-state index in [-0.39, 0.29) is 5.91 Å². The van der Waals surface area contributed by atoms with E-state index in [0.29, 0.717) is 18.7 Å². The number of carbonyl (C=O) groups is 1. The minimum absolute atomic E-state index is 0.100. The van der Waals surface area contributed by atoms with Crippen LogP contribution in [-0.4, -0.2) is 40.4 Å². The van der Waals surface area contributed by atoms with Crippen LogP contribution in [0.2, 0.25) is 0 Å². The maximum absolute atomic E-state index is 13.1. The number of aliphatic hydroxyl groups is 1. The lowest BCUT2D eigenvalue weighted by atomic mass is 9.93. The van der Waals surface area contributed by atoms with Gasteiger partial charge in [-0.1, -0.05) is 70.1 Å². The molecule has 0 saturated heterocycles. The van der Waals surface area contributed by atoms with Crippen LogP contribution in [0.4, 0.5) is 0 Å². The number of amides is 1. The average molecular weight is 477 g/mol. The first kappa shape index (κ1) is 20.3. The lowest BCUT2D eigenvalue weighted by Crippen LogP contribution is -2.42. The van der Waals surface area contributed by atoms with E-state index in [1.54, 1.807) is 4.90 Å². The van der Waals surface area contributed by atoms with E-state index in [1.165, 1.54) is 15.6 Å². The van der Waals surface area contributed by atoms with Gasteiger partial charge in [-0.3, -0.25) is 4.79 Å². The Labute approximate surface area is 191 Å². The van der Waals surface area contributed by atoms with E-state index in [0.717, 1.165) is 42.1 Å². The number of carbonyl (C=O) groups excluding carboxylic acids is 1. The maximum Gasteiger partial charge on any atom is 0.256 e. The molecular formula is C26H25BrN2O2. The Morgan fingerprint density at radius 2 is 1.87 bits per heavy atom. The quantitative estimate of drug-likeness (QED) is 0.584. The lowest BCUT2D eigenvalue weighted by Gasteiger charge is -2.35. The Morgan fingerprint density at radius 1 is 1.06 bits per heavy atom. The van der Waals surface area contributed by atoms with Crippen molar-refractivity contribution in [1.29, 1.82) is 0 Å². The first-order chi connectivity index (χ1) is 15.1. The molecule has 1 aliphatic carbocycles. The fourth-order valence-electron chi connectivity index (χ4n) is 4.70. The summed E-state index contributed by atoms with van der Waals surface area (Å²) >= 11 is 3.72. The molecule has 158 valence electrons. The number of aliphatic hydroxyl groups excluding tert-OH is 1. The summed E-state index contributed by atoms with van der Waals surface area (Å²) in [5, 5.41) is 12.8. The summed E-state index contributed by atoms with van der Waals surface area (Å²) < 4.78 is 1.30. The highest BCUT2D eigenvalue weighted by molar-refractivity contribution is 9.11. The summed E-state index contributed by atoms with van der Waals surface area (Å²) in [5.41, 5.74) is 4.29. The van der Waals surface area contributed by atoms with Crippen molar-refractivity contribution in [2.24, 2.45) is 0 Å². The number of rotatable bonds is 5. The van der Waals surface area contributed by atoms with Crippen molar-refractivity contribution in [2.75, 3.05) is 19.6 Å². The van der Waals surface area contributed by atoms with Crippen LogP contribution >= 0.6 is 15.9 Å². The SMILES string of the molecule is O=C1c2cccc3cccc(c23)C(O)N1CCN1C=CC=C(CC2=C(Br)CC=CC2)C1. The van der Waals surface area contributed by atoms with Gasteiger partial charge >= 0.3 is 0 Å². The number of allylic oxidation sites excluding steroid dienone is 6. The molecule has 0 aromatic heterocycles. The highest BCUT2D eigenvalue weighted by Crippen LogP contribution is 2.35. The van der Waals surface area contributed by atoms with Crippen LogP contribution in [0.15, 0.2) is 82.5 Å². The van der Waals surface area contributed by atoms with Gasteiger partial charge in [0, 0.05) is 36.1 Å². The Kier molecular flexibility index (Phi) is 5.55. The van der Waals surface area contributed by atoms with E-state index in [9.17, 15) is 9.90 Å². The third kappa shape index (κ3) is 3.88. The number of hydrogen-bond donors (Lipinski definition) is 1. The molecule has 0 radical (unpaired) electrons. The molecule has 4 nitrogen and oxygen atoms in total. The van der Waals surface area contributed by atoms with Gasteiger partial charge in [-0.15, -0.1) is 0 Å². The highest BCUT2D eigenvalue weighted by atomic mass is 79.9. The zero-order chi connectivity index (χ0) is 21.4. The minimum Gasteiger partial charge on any atom is -0.372 e. The van der Waals surface area contributed by atoms with Crippen LogP contribution in [0.3, 0.4) is 0 Å². The summed E-state index contributed by atoms with van der Waals surface area (Å²) in [6.45, 7) is 1.99. The molecule has 5 heteroatoms. The predicted molar refractivity (Wildman–Crippen MR) is 128 cm³/mol. The van der Waals surface area contributed by atoms with Crippen LogP contribution in [0.5, 0.6) is 0 Å². The van der Waals surface area contributed by atoms with E-state index in [4.69, 9.17) is 0 Å². The molecular weight excluding hydrogens is 452 g/mol. The Morgan fingerprint density at radius 3 is 2.71 bits per heavy atom. The monoisotopic (exact) mass is 476 g/mol. The van der Waals surface area contributed by atoms with E-state index >= 15 is 0 Å². The van der Waals surface area contributed by atoms with E-state index in [1.807, 2.05) is 36.4 Å². The molecule has 2 aliphatic heterocycles. The van der Waals surface area contributed by atoms with Gasteiger partial charge in [-0.25, -0.2) is 0 Å². The smallest absolute Gasteiger partial charge is 0.256 e. The standard InChI is InChI=1S/C26H25BrN2O2/c27-23-12-2-1-7-20(23)16-18-6-5-13-28(17-18)14-15-29-25(30)21-10-3-8-19-9-4-11-22(24(19)21)26(29)31/h1-6,8-11,13,25,30H,7,12,14-17H2. The molecule has 0 saturated carbocycles. The van der Waals surface area contributed by atoms with Crippen molar-refractivity contribution in [3.63, 3.8) is 0 Å². The van der Waals surface area contributed by atoms with Gasteiger partial charge in [0.15, 0.2) is 6.23 Å². The van der Waals surface area contributed by atoms with Crippen molar-refractivity contribution in [2.45, 2.75) is 25.5 Å². The summed E-state index contributed by atoms with van der Waals surface area (Å²) in [5.74, 6) is -0.100. The topological polar surface area (TPSA) is 43.8 Å². The van der Waals surface area contributed by atoms with Crippen molar-refractivity contribution in [1.82, 2.24) is 9.80 Å². The second-order valence-electron chi connectivity index (χ2n) is 8.32. The molecule has 1 atom stereocenters. The molecule has 2 aromatic rings. The third-order valence-electron chi connectivity index (χ3n) is 6.32. The minimum atomic E-state index is -0.912. The highest BCUT2D eigenvalue weighted by Gasteiger charge is 2.32. The number of nitrogens with zero attached hydrogens (tertiary/aromatic N) is 2. The normalized spacial score (nSPS) is 20.6. The van der Waals surface area contributed by atoms with Gasteiger partial charge in [-0.2, -0.15) is 0 Å². The molecule has 2 heterocycles. The van der Waals surface area contributed by atoms with Crippen molar-refractivity contribution in [3.8, 4) is 0 Å². The Hall–Kier alpha value is -2.63. The number of halogens is 1. The number of benzene rings is 2. The fourth-order valence-corrected chi connectivity index (χ4v) is 5.19. The van der Waals surface area contributed by atoms with Gasteiger partial charge < -0.3 is 14.9 Å². The maximum atomic E-state index is 13.1. The summed E-state index contributed by atoms with van der Waals surface area (Å²) in [7, 11) is 0. The summed E-state index contributed by atoms with van der Waals surface area (Å²) in [6, 6.07) is 11.6. The van der Waals surface area contributed by atoms with Crippen molar-refractivity contribution in [3.05, 3.63) is 93.7 Å². The molecule has 0 fully saturated rings. The molecule has 0 bridgehead atoms. The Bertz CT molecular complexity index is 1160. The molecule has 1 unspecified atom stereocenters. The lowest BCUT2D eigenvalue weighted by molar-refractivity contribution is 0.00285. The van der Waals surface area contributed by atoms with Crippen LogP contribution in [0.25, 0.3) is 10.8 Å². The van der Waals surface area contributed by atoms with Gasteiger partial charge in [0.05, 0.1) is 0 Å². The second kappa shape index (κ2) is 8.48. The summed E-state index contributed by atoms with van der Waals surface area (Å²) in [6.07, 6.45) is 12.8. The second-order valence-corrected chi connectivity index (χ2v) is 9.28. The van der Waals surface area contributed by atoms with E-state index < -0.39 is 6.23 Å². The van der Waals surface area contributed by atoms with Gasteiger partial charge in [0.25, 0.3) is 5.91 Å². The van der Waals surface area contributed by atoms with Crippen LogP contribution in [0.1, 0.15) is 41.4 Å². The van der Waals surface area contributed by atoms with Gasteiger partial charge in [0.2, 0.25) is 0 Å². The van der Waals surface area contributed by atoms with Gasteiger partial charge in [-0.05, 0) is 53.0 Å². The molecule has 1 amide bonds. The van der Waals surface area contributed by atoms with Crippen molar-refractivity contribution < 1.29 is 9.90 Å². The van der Waals surface area contributed by atoms with Gasteiger partial charge in [0.1, 0.15) is 0 Å². The molecule has 5 rings (SSSR count). The fraction of sp³-hybridized carbons (Fsp3) is 0.269. The third-order valence-corrected chi connectivity index (χ3v) is 7.20. The first-order valence-corrected chi connectivity index (χ1v) is 11.5. The van der Waals surface area contributed by atoms with Crippen LogP contribution < -0.4 is 0 Å². The molecule has 2 aromatic carbocycles. The van der Waals surface area contributed by atoms with Crippen LogP contribution in [0, 0.1) is 0 Å². The zero-order valence-electron chi connectivity index (χ0n) is 17.3. The number of hydrogen-bond acceptors (Lipinski definition) is 3. The first-order valence-electron chi connectivity index (χ1n) is 10.7. The zero-order valence-corrected chi connectivity index (χ0v) is 18.9. The Balaban J connectivity index is 1.27. The molecule has 31 heavy (non-hydrogen) atoms. The predicted octanol–water partition coefficient (Wildman–Crippen LogP) is 5.43. The van der Waals surface area contributed by atoms with Crippen LogP contribution in [-0.2, 0) is 0 Å². The summed E-state index contributed by atoms with van der Waals surface area (Å²) in [4.78, 5) is 17.0.